The molecule has 0 N–H and O–H groups in total. The maximum Gasteiger partial charge on any atom is 0.186 e. The van der Waals surface area contributed by atoms with Crippen LogP contribution in [0.4, 0.5) is 5.13 Å². The Morgan fingerprint density at radius 2 is 2.38 bits per heavy atom. The predicted molar refractivity (Wildman–Crippen MR) is 62.7 cm³/mol. The van der Waals surface area contributed by atoms with Gasteiger partial charge in [-0.3, -0.25) is 0 Å². The fourth-order valence-electron chi connectivity index (χ4n) is 1.40. The lowest BCUT2D eigenvalue weighted by Crippen LogP contribution is -2.36. The number of aromatic nitrogens is 1. The minimum Gasteiger partial charge on any atom is -0.378 e. The molecule has 0 aromatic carbocycles. The number of aldehydes is 1. The Hall–Kier alpha value is -1.38. The van der Waals surface area contributed by atoms with Gasteiger partial charge in [-0.2, -0.15) is 0 Å². The lowest BCUT2D eigenvalue weighted by molar-refractivity contribution is -0.107. The Morgan fingerprint density at radius 3 is 3.12 bits per heavy atom. The molecule has 0 radical (unpaired) electrons. The summed E-state index contributed by atoms with van der Waals surface area (Å²) in [5.74, 6) is 5.62. The first kappa shape index (κ1) is 11.1. The molecule has 1 saturated heterocycles. The van der Waals surface area contributed by atoms with E-state index in [2.05, 4.69) is 21.7 Å². The molecular weight excluding hydrogens is 224 g/mol. The van der Waals surface area contributed by atoms with Gasteiger partial charge in [0.2, 0.25) is 0 Å². The third-order valence-electron chi connectivity index (χ3n) is 2.18. The van der Waals surface area contributed by atoms with Crippen molar-refractivity contribution in [3.63, 3.8) is 0 Å². The molecule has 0 spiro atoms. The third kappa shape index (κ3) is 2.81. The number of ether oxygens (including phenoxy) is 1. The van der Waals surface area contributed by atoms with Crippen LogP contribution >= 0.6 is 11.3 Å². The van der Waals surface area contributed by atoms with Gasteiger partial charge in [-0.15, -0.1) is 11.3 Å². The van der Waals surface area contributed by atoms with Crippen LogP contribution in [-0.2, 0) is 9.53 Å². The van der Waals surface area contributed by atoms with Gasteiger partial charge in [0.05, 0.1) is 19.6 Å². The van der Waals surface area contributed by atoms with E-state index in [4.69, 9.17) is 4.74 Å². The third-order valence-corrected chi connectivity index (χ3v) is 3.08. The van der Waals surface area contributed by atoms with Crippen LogP contribution < -0.4 is 4.90 Å². The van der Waals surface area contributed by atoms with Crippen LogP contribution in [0, 0.1) is 11.8 Å². The van der Waals surface area contributed by atoms with Crippen LogP contribution in [0.15, 0.2) is 5.38 Å². The normalized spacial score (nSPS) is 15.4. The van der Waals surface area contributed by atoms with Crippen molar-refractivity contribution in [3.05, 3.63) is 11.1 Å². The van der Waals surface area contributed by atoms with Crippen molar-refractivity contribution in [1.82, 2.24) is 4.98 Å². The Kier molecular flexibility index (Phi) is 3.91. The summed E-state index contributed by atoms with van der Waals surface area (Å²) in [6, 6.07) is 0. The van der Waals surface area contributed by atoms with E-state index in [1.165, 1.54) is 0 Å². The minimum absolute atomic E-state index is 0.268. The molecule has 2 heterocycles. The van der Waals surface area contributed by atoms with Crippen molar-refractivity contribution in [3.8, 4) is 11.8 Å². The zero-order valence-corrected chi connectivity index (χ0v) is 9.63. The second-order valence-corrected chi connectivity index (χ2v) is 4.12. The SMILES string of the molecule is O=CCC#Cc1csc(N2CCOCC2)n1. The lowest BCUT2D eigenvalue weighted by atomic mass is 10.4. The van der Waals surface area contributed by atoms with E-state index in [-0.39, 0.29) is 6.42 Å². The largest absolute Gasteiger partial charge is 0.378 e. The number of morpholine rings is 1. The molecular formula is C11H12N2O2S. The van der Waals surface area contributed by atoms with Crippen LogP contribution in [-0.4, -0.2) is 37.6 Å². The molecule has 5 heteroatoms. The first-order chi connectivity index (χ1) is 7.90. The van der Waals surface area contributed by atoms with E-state index in [9.17, 15) is 4.79 Å². The molecule has 0 aliphatic carbocycles. The van der Waals surface area contributed by atoms with Crippen molar-refractivity contribution < 1.29 is 9.53 Å². The zero-order chi connectivity index (χ0) is 11.2. The van der Waals surface area contributed by atoms with Gasteiger partial charge in [0.1, 0.15) is 12.0 Å². The standard InChI is InChI=1S/C11H12N2O2S/c14-6-2-1-3-10-9-16-11(12-10)13-4-7-15-8-5-13/h6,9H,2,4-5,7-8H2. The number of thiazole rings is 1. The molecule has 0 amide bonds. The highest BCUT2D eigenvalue weighted by molar-refractivity contribution is 7.13. The summed E-state index contributed by atoms with van der Waals surface area (Å²) in [7, 11) is 0. The molecule has 1 aromatic rings. The Labute approximate surface area is 98.2 Å². The summed E-state index contributed by atoms with van der Waals surface area (Å²) in [4.78, 5) is 16.7. The lowest BCUT2D eigenvalue weighted by Gasteiger charge is -2.25. The molecule has 1 aliphatic rings. The Balaban J connectivity index is 2.01. The summed E-state index contributed by atoms with van der Waals surface area (Å²) in [5, 5.41) is 2.90. The highest BCUT2D eigenvalue weighted by Crippen LogP contribution is 2.20. The molecule has 1 aliphatic heterocycles. The summed E-state index contributed by atoms with van der Waals surface area (Å²) >= 11 is 1.58. The summed E-state index contributed by atoms with van der Waals surface area (Å²) in [6.45, 7) is 3.28. The number of hydrogen-bond acceptors (Lipinski definition) is 5. The van der Waals surface area contributed by atoms with Crippen molar-refractivity contribution in [2.24, 2.45) is 0 Å². The number of nitrogens with zero attached hydrogens (tertiary/aromatic N) is 2. The average molecular weight is 236 g/mol. The van der Waals surface area contributed by atoms with Gasteiger partial charge in [0, 0.05) is 18.5 Å². The average Bonchev–Trinajstić information content (AvgIpc) is 2.79. The molecule has 4 nitrogen and oxygen atoms in total. The van der Waals surface area contributed by atoms with Gasteiger partial charge < -0.3 is 14.4 Å². The topological polar surface area (TPSA) is 42.4 Å². The van der Waals surface area contributed by atoms with Gasteiger partial charge in [-0.05, 0) is 5.92 Å². The quantitative estimate of drug-likeness (QED) is 0.565. The molecule has 1 aromatic heterocycles. The smallest absolute Gasteiger partial charge is 0.186 e. The number of anilines is 1. The maximum absolute atomic E-state index is 10.1. The first-order valence-electron chi connectivity index (χ1n) is 5.11. The van der Waals surface area contributed by atoms with Crippen molar-refractivity contribution in [1.29, 1.82) is 0 Å². The van der Waals surface area contributed by atoms with Crippen LogP contribution in [0.5, 0.6) is 0 Å². The molecule has 0 unspecified atom stereocenters. The van der Waals surface area contributed by atoms with Crippen LogP contribution in [0.3, 0.4) is 0 Å². The molecule has 1 fully saturated rings. The van der Waals surface area contributed by atoms with Crippen molar-refractivity contribution in [2.75, 3.05) is 31.2 Å². The van der Waals surface area contributed by atoms with Crippen LogP contribution in [0.2, 0.25) is 0 Å². The second kappa shape index (κ2) is 5.64. The monoisotopic (exact) mass is 236 g/mol. The van der Waals surface area contributed by atoms with Gasteiger partial charge in [-0.25, -0.2) is 4.98 Å². The van der Waals surface area contributed by atoms with E-state index in [0.29, 0.717) is 0 Å². The summed E-state index contributed by atoms with van der Waals surface area (Å²) < 4.78 is 5.28. The van der Waals surface area contributed by atoms with E-state index < -0.39 is 0 Å². The van der Waals surface area contributed by atoms with Crippen LogP contribution in [0.1, 0.15) is 12.1 Å². The maximum atomic E-state index is 10.1. The second-order valence-electron chi connectivity index (χ2n) is 3.29. The Bertz CT molecular complexity index is 413. The predicted octanol–water partition coefficient (Wildman–Crippen LogP) is 0.920. The highest BCUT2D eigenvalue weighted by atomic mass is 32.1. The van der Waals surface area contributed by atoms with E-state index >= 15 is 0 Å². The highest BCUT2D eigenvalue weighted by Gasteiger charge is 2.13. The molecule has 0 bridgehead atoms. The molecule has 0 saturated carbocycles. The number of hydrogen-bond donors (Lipinski definition) is 0. The Morgan fingerprint density at radius 1 is 1.56 bits per heavy atom. The molecule has 0 atom stereocenters. The number of rotatable bonds is 2. The zero-order valence-electron chi connectivity index (χ0n) is 8.81. The van der Waals surface area contributed by atoms with Gasteiger partial charge in [0.15, 0.2) is 5.13 Å². The van der Waals surface area contributed by atoms with E-state index in [1.54, 1.807) is 11.3 Å². The van der Waals surface area contributed by atoms with E-state index in [1.807, 2.05) is 5.38 Å². The van der Waals surface area contributed by atoms with Crippen molar-refractivity contribution in [2.45, 2.75) is 6.42 Å². The minimum atomic E-state index is 0.268. The fourth-order valence-corrected chi connectivity index (χ4v) is 2.22. The molecule has 16 heavy (non-hydrogen) atoms. The molecule has 84 valence electrons. The van der Waals surface area contributed by atoms with Gasteiger partial charge >= 0.3 is 0 Å². The van der Waals surface area contributed by atoms with Crippen LogP contribution in [0.25, 0.3) is 0 Å². The van der Waals surface area contributed by atoms with E-state index in [0.717, 1.165) is 43.4 Å². The summed E-state index contributed by atoms with van der Waals surface area (Å²) in [6.07, 6.45) is 1.06. The number of carbonyl (C=O) groups excluding carboxylic acids is 1. The van der Waals surface area contributed by atoms with Gasteiger partial charge in [0.25, 0.3) is 0 Å². The summed E-state index contributed by atoms with van der Waals surface area (Å²) in [5.41, 5.74) is 0.744. The molecule has 2 rings (SSSR count). The van der Waals surface area contributed by atoms with Crippen molar-refractivity contribution >= 4 is 22.8 Å². The van der Waals surface area contributed by atoms with Gasteiger partial charge in [-0.1, -0.05) is 5.92 Å². The fraction of sp³-hybridized carbons (Fsp3) is 0.455. The number of carbonyl (C=O) groups is 1. The first-order valence-corrected chi connectivity index (χ1v) is 5.99.